The van der Waals surface area contributed by atoms with Gasteiger partial charge in [0.05, 0.1) is 13.0 Å². The predicted octanol–water partition coefficient (Wildman–Crippen LogP) is 2.77. The minimum absolute atomic E-state index is 0.0758. The first-order valence-corrected chi connectivity index (χ1v) is 4.80. The zero-order valence-electron chi connectivity index (χ0n) is 8.43. The zero-order valence-corrected chi connectivity index (χ0v) is 8.43. The molecule has 0 aliphatic carbocycles. The monoisotopic (exact) mass is 172 g/mol. The van der Waals surface area contributed by atoms with Crippen LogP contribution in [0.3, 0.4) is 0 Å². The van der Waals surface area contributed by atoms with Gasteiger partial charge in [-0.25, -0.2) is 0 Å². The van der Waals surface area contributed by atoms with Crippen LogP contribution in [0.1, 0.15) is 46.0 Å². The van der Waals surface area contributed by atoms with E-state index in [9.17, 15) is 4.79 Å². The van der Waals surface area contributed by atoms with Crippen LogP contribution < -0.4 is 0 Å². The van der Waals surface area contributed by atoms with E-state index in [1.54, 1.807) is 0 Å². The van der Waals surface area contributed by atoms with Crippen molar-refractivity contribution < 1.29 is 9.53 Å². The van der Waals surface area contributed by atoms with Gasteiger partial charge in [0.25, 0.3) is 0 Å². The van der Waals surface area contributed by atoms with E-state index in [0.717, 1.165) is 12.8 Å². The topological polar surface area (TPSA) is 26.3 Å². The first kappa shape index (κ1) is 11.5. The molecule has 0 unspecified atom stereocenters. The van der Waals surface area contributed by atoms with Gasteiger partial charge < -0.3 is 4.74 Å². The minimum Gasteiger partial charge on any atom is -0.469 e. The van der Waals surface area contributed by atoms with Crippen LogP contribution in [0.15, 0.2) is 0 Å². The smallest absolute Gasteiger partial charge is 0.308 e. The van der Waals surface area contributed by atoms with E-state index in [0.29, 0.717) is 0 Å². The predicted molar refractivity (Wildman–Crippen MR) is 49.9 cm³/mol. The van der Waals surface area contributed by atoms with E-state index >= 15 is 0 Å². The van der Waals surface area contributed by atoms with Crippen molar-refractivity contribution in [2.24, 2.45) is 5.92 Å². The Hall–Kier alpha value is -0.530. The number of carbonyl (C=O) groups excluding carboxylic acids is 1. The molecule has 0 N–H and O–H groups in total. The summed E-state index contributed by atoms with van der Waals surface area (Å²) in [5.41, 5.74) is 0. The SMILES string of the molecule is CCCCCC[C@@H](C)C(=O)OC. The first-order valence-electron chi connectivity index (χ1n) is 4.80. The largest absolute Gasteiger partial charge is 0.469 e. The van der Waals surface area contributed by atoms with Gasteiger partial charge in [-0.2, -0.15) is 0 Å². The third-order valence-corrected chi connectivity index (χ3v) is 2.09. The van der Waals surface area contributed by atoms with Crippen LogP contribution in [0.25, 0.3) is 0 Å². The van der Waals surface area contributed by atoms with Crippen molar-refractivity contribution in [3.05, 3.63) is 0 Å². The van der Waals surface area contributed by atoms with Crippen LogP contribution in [0.2, 0.25) is 0 Å². The normalized spacial score (nSPS) is 12.6. The summed E-state index contributed by atoms with van der Waals surface area (Å²) in [4.78, 5) is 11.0. The number of unbranched alkanes of at least 4 members (excludes halogenated alkanes) is 3. The summed E-state index contributed by atoms with van der Waals surface area (Å²) >= 11 is 0. The molecule has 0 heterocycles. The number of carbonyl (C=O) groups is 1. The van der Waals surface area contributed by atoms with Gasteiger partial charge in [0, 0.05) is 0 Å². The van der Waals surface area contributed by atoms with Crippen LogP contribution in [0.4, 0.5) is 0 Å². The second-order valence-electron chi connectivity index (χ2n) is 3.27. The highest BCUT2D eigenvalue weighted by atomic mass is 16.5. The minimum atomic E-state index is -0.0773. The van der Waals surface area contributed by atoms with Crippen molar-refractivity contribution in [3.63, 3.8) is 0 Å². The molecular weight excluding hydrogens is 152 g/mol. The van der Waals surface area contributed by atoms with Crippen molar-refractivity contribution in [2.45, 2.75) is 46.0 Å². The first-order chi connectivity index (χ1) is 5.72. The lowest BCUT2D eigenvalue weighted by Gasteiger charge is -2.07. The van der Waals surface area contributed by atoms with E-state index in [-0.39, 0.29) is 11.9 Å². The van der Waals surface area contributed by atoms with E-state index < -0.39 is 0 Å². The van der Waals surface area contributed by atoms with Gasteiger partial charge in [-0.1, -0.05) is 39.5 Å². The number of methoxy groups -OCH3 is 1. The second-order valence-corrected chi connectivity index (χ2v) is 3.27. The van der Waals surface area contributed by atoms with E-state index in [2.05, 4.69) is 11.7 Å². The van der Waals surface area contributed by atoms with E-state index in [1.807, 2.05) is 6.92 Å². The molecule has 72 valence electrons. The zero-order chi connectivity index (χ0) is 9.40. The molecule has 2 heteroatoms. The highest BCUT2D eigenvalue weighted by molar-refractivity contribution is 5.71. The Morgan fingerprint density at radius 2 is 2.00 bits per heavy atom. The Kier molecular flexibility index (Phi) is 6.82. The van der Waals surface area contributed by atoms with Gasteiger partial charge in [-0.3, -0.25) is 4.79 Å². The van der Waals surface area contributed by atoms with Crippen molar-refractivity contribution >= 4 is 5.97 Å². The lowest BCUT2D eigenvalue weighted by molar-refractivity contribution is -0.145. The summed E-state index contributed by atoms with van der Waals surface area (Å²) in [5.74, 6) is -0.00152. The molecule has 0 aliphatic rings. The van der Waals surface area contributed by atoms with Gasteiger partial charge in [0.15, 0.2) is 0 Å². The molecule has 1 atom stereocenters. The van der Waals surface area contributed by atoms with Gasteiger partial charge in [-0.15, -0.1) is 0 Å². The molecule has 0 aromatic rings. The molecule has 0 radical (unpaired) electrons. The molecule has 0 spiro atoms. The summed E-state index contributed by atoms with van der Waals surface area (Å²) in [5, 5.41) is 0. The molecule has 0 fully saturated rings. The highest BCUT2D eigenvalue weighted by Gasteiger charge is 2.11. The molecule has 0 aromatic heterocycles. The number of esters is 1. The molecule has 0 rings (SSSR count). The number of hydrogen-bond acceptors (Lipinski definition) is 2. The molecule has 2 nitrogen and oxygen atoms in total. The Bertz CT molecular complexity index is 121. The molecule has 0 saturated heterocycles. The van der Waals surface area contributed by atoms with Crippen LogP contribution in [0.5, 0.6) is 0 Å². The lowest BCUT2D eigenvalue weighted by atomic mass is 10.0. The average Bonchev–Trinajstić information content (AvgIpc) is 2.10. The van der Waals surface area contributed by atoms with Gasteiger partial charge in [-0.05, 0) is 6.42 Å². The molecule has 0 amide bonds. The molecular formula is C10H20O2. The van der Waals surface area contributed by atoms with Gasteiger partial charge >= 0.3 is 5.97 Å². The molecule has 0 bridgehead atoms. The maximum Gasteiger partial charge on any atom is 0.308 e. The fourth-order valence-electron chi connectivity index (χ4n) is 1.20. The summed E-state index contributed by atoms with van der Waals surface area (Å²) in [7, 11) is 1.45. The second kappa shape index (κ2) is 7.14. The van der Waals surface area contributed by atoms with Gasteiger partial charge in [0.1, 0.15) is 0 Å². The number of ether oxygens (including phenoxy) is 1. The Morgan fingerprint density at radius 1 is 1.33 bits per heavy atom. The average molecular weight is 172 g/mol. The molecule has 0 aromatic carbocycles. The highest BCUT2D eigenvalue weighted by Crippen LogP contribution is 2.11. The van der Waals surface area contributed by atoms with Crippen LogP contribution in [-0.4, -0.2) is 13.1 Å². The van der Waals surface area contributed by atoms with Crippen LogP contribution >= 0.6 is 0 Å². The van der Waals surface area contributed by atoms with Gasteiger partial charge in [0.2, 0.25) is 0 Å². The third-order valence-electron chi connectivity index (χ3n) is 2.09. The Labute approximate surface area is 75.3 Å². The van der Waals surface area contributed by atoms with Crippen LogP contribution in [0, 0.1) is 5.92 Å². The summed E-state index contributed by atoms with van der Waals surface area (Å²) < 4.78 is 4.63. The number of hydrogen-bond donors (Lipinski definition) is 0. The van der Waals surface area contributed by atoms with Crippen molar-refractivity contribution in [3.8, 4) is 0 Å². The molecule has 0 saturated carbocycles. The Balaban J connectivity index is 3.31. The van der Waals surface area contributed by atoms with E-state index in [1.165, 1.54) is 26.4 Å². The molecule has 12 heavy (non-hydrogen) atoms. The lowest BCUT2D eigenvalue weighted by Crippen LogP contribution is -2.12. The quantitative estimate of drug-likeness (QED) is 0.455. The fourth-order valence-corrected chi connectivity index (χ4v) is 1.20. The summed E-state index contributed by atoms with van der Waals surface area (Å²) in [6, 6.07) is 0. The summed E-state index contributed by atoms with van der Waals surface area (Å²) in [6.07, 6.45) is 5.86. The maximum absolute atomic E-state index is 11.0. The Morgan fingerprint density at radius 3 is 2.50 bits per heavy atom. The van der Waals surface area contributed by atoms with E-state index in [4.69, 9.17) is 0 Å². The maximum atomic E-state index is 11.0. The van der Waals surface area contributed by atoms with Crippen LogP contribution in [-0.2, 0) is 9.53 Å². The third kappa shape index (κ3) is 5.16. The van der Waals surface area contributed by atoms with Crippen molar-refractivity contribution in [2.75, 3.05) is 7.11 Å². The molecule has 0 aliphatic heterocycles. The van der Waals surface area contributed by atoms with Crippen molar-refractivity contribution in [1.29, 1.82) is 0 Å². The fraction of sp³-hybridized carbons (Fsp3) is 0.900. The summed E-state index contributed by atoms with van der Waals surface area (Å²) in [6.45, 7) is 4.11. The number of rotatable bonds is 6. The van der Waals surface area contributed by atoms with Crippen molar-refractivity contribution in [1.82, 2.24) is 0 Å². The standard InChI is InChI=1S/C10H20O2/c1-4-5-6-7-8-9(2)10(11)12-3/h9H,4-8H2,1-3H3/t9-/m1/s1.